The number of carbonyl (C=O) groups is 2. The first-order valence-corrected chi connectivity index (χ1v) is 7.28. The number of hydrazone groups is 1. The molecule has 0 radical (unpaired) electrons. The van der Waals surface area contributed by atoms with Gasteiger partial charge in [-0.2, -0.15) is 13.5 Å². The van der Waals surface area contributed by atoms with E-state index in [1.807, 2.05) is 0 Å². The van der Waals surface area contributed by atoms with Crippen LogP contribution in [-0.2, 0) is 19.7 Å². The van der Waals surface area contributed by atoms with Crippen molar-refractivity contribution in [3.63, 3.8) is 0 Å². The maximum Gasteiger partial charge on any atom is 0.294 e. The van der Waals surface area contributed by atoms with Crippen LogP contribution < -0.4 is 5.01 Å². The molecular formula is C12H12N2O5S. The van der Waals surface area contributed by atoms with Crippen molar-refractivity contribution >= 4 is 33.2 Å². The highest BCUT2D eigenvalue weighted by atomic mass is 32.2. The first-order valence-electron chi connectivity index (χ1n) is 5.84. The fourth-order valence-corrected chi connectivity index (χ4v) is 2.23. The van der Waals surface area contributed by atoms with E-state index in [9.17, 15) is 18.0 Å². The van der Waals surface area contributed by atoms with Crippen LogP contribution in [0.25, 0.3) is 0 Å². The lowest BCUT2D eigenvalue weighted by Crippen LogP contribution is -2.19. The molecule has 1 aromatic rings. The van der Waals surface area contributed by atoms with Crippen LogP contribution in [-0.4, -0.2) is 30.4 Å². The van der Waals surface area contributed by atoms with Gasteiger partial charge in [-0.15, -0.1) is 0 Å². The predicted octanol–water partition coefficient (Wildman–Crippen LogP) is 1.01. The third kappa shape index (κ3) is 2.75. The number of hydrogen-bond acceptors (Lipinski definition) is 5. The van der Waals surface area contributed by atoms with Gasteiger partial charge in [0.25, 0.3) is 16.0 Å². The molecule has 7 nitrogen and oxygen atoms in total. The van der Waals surface area contributed by atoms with E-state index in [4.69, 9.17) is 4.55 Å². The summed E-state index contributed by atoms with van der Waals surface area (Å²) < 4.78 is 30.7. The molecule has 20 heavy (non-hydrogen) atoms. The summed E-state index contributed by atoms with van der Waals surface area (Å²) in [7, 11) is -4.28. The topological polar surface area (TPSA) is 104 Å². The molecule has 8 heteroatoms. The molecule has 1 aliphatic rings. The molecule has 0 saturated heterocycles. The lowest BCUT2D eigenvalue weighted by molar-refractivity contribution is -0.117. The van der Waals surface area contributed by atoms with E-state index in [-0.39, 0.29) is 35.1 Å². The zero-order valence-electron chi connectivity index (χ0n) is 10.6. The number of nitrogens with zero attached hydrogens (tertiary/aromatic N) is 2. The monoisotopic (exact) mass is 296 g/mol. The van der Waals surface area contributed by atoms with Gasteiger partial charge < -0.3 is 0 Å². The average Bonchev–Trinajstić information content (AvgIpc) is 2.79. The normalized spacial score (nSPS) is 15.4. The second-order valence-electron chi connectivity index (χ2n) is 4.17. The van der Waals surface area contributed by atoms with Crippen LogP contribution in [0.1, 0.15) is 19.8 Å². The first-order chi connectivity index (χ1) is 9.32. The fourth-order valence-electron chi connectivity index (χ4n) is 1.75. The van der Waals surface area contributed by atoms with Crippen molar-refractivity contribution in [1.29, 1.82) is 0 Å². The molecule has 0 fully saturated rings. The fraction of sp³-hybridized carbons (Fsp3) is 0.250. The van der Waals surface area contributed by atoms with Gasteiger partial charge in [0.2, 0.25) is 0 Å². The van der Waals surface area contributed by atoms with E-state index in [2.05, 4.69) is 5.10 Å². The van der Waals surface area contributed by atoms with Crippen molar-refractivity contribution in [3.05, 3.63) is 24.3 Å². The number of benzene rings is 1. The molecule has 1 heterocycles. The van der Waals surface area contributed by atoms with Gasteiger partial charge in [-0.1, -0.05) is 6.92 Å². The molecular weight excluding hydrogens is 284 g/mol. The Morgan fingerprint density at radius 2 is 1.95 bits per heavy atom. The van der Waals surface area contributed by atoms with Crippen LogP contribution in [0.4, 0.5) is 5.69 Å². The number of anilines is 1. The smallest absolute Gasteiger partial charge is 0.293 e. The minimum atomic E-state index is -4.28. The van der Waals surface area contributed by atoms with Gasteiger partial charge in [-0.25, -0.2) is 5.01 Å². The lowest BCUT2D eigenvalue weighted by Gasteiger charge is -2.11. The van der Waals surface area contributed by atoms with Gasteiger partial charge >= 0.3 is 0 Å². The van der Waals surface area contributed by atoms with Crippen molar-refractivity contribution in [2.24, 2.45) is 5.10 Å². The Bertz CT molecular complexity index is 691. The van der Waals surface area contributed by atoms with Gasteiger partial charge in [-0.05, 0) is 24.3 Å². The van der Waals surface area contributed by atoms with Gasteiger partial charge in [0.05, 0.1) is 17.0 Å². The van der Waals surface area contributed by atoms with Crippen molar-refractivity contribution in [2.45, 2.75) is 24.7 Å². The predicted molar refractivity (Wildman–Crippen MR) is 71.1 cm³/mol. The van der Waals surface area contributed by atoms with Crippen molar-refractivity contribution in [3.8, 4) is 0 Å². The van der Waals surface area contributed by atoms with Crippen LogP contribution in [0.3, 0.4) is 0 Å². The Labute approximate surface area is 115 Å². The Balaban J connectivity index is 2.31. The average molecular weight is 296 g/mol. The van der Waals surface area contributed by atoms with Crippen molar-refractivity contribution in [2.75, 3.05) is 5.01 Å². The number of amides is 1. The summed E-state index contributed by atoms with van der Waals surface area (Å²) in [5.74, 6) is -0.559. The SMILES string of the molecule is CCC(=O)C1=NN(c2ccc(S(=O)(=O)O)cc2)C(=O)C1. The quantitative estimate of drug-likeness (QED) is 0.835. The molecule has 0 unspecified atom stereocenters. The number of hydrogen-bond donors (Lipinski definition) is 1. The Morgan fingerprint density at radius 3 is 2.45 bits per heavy atom. The zero-order valence-corrected chi connectivity index (χ0v) is 11.4. The Morgan fingerprint density at radius 1 is 1.35 bits per heavy atom. The molecule has 2 rings (SSSR count). The van der Waals surface area contributed by atoms with Crippen LogP contribution in [0, 0.1) is 0 Å². The summed E-state index contributed by atoms with van der Waals surface area (Å²) in [6.45, 7) is 1.68. The summed E-state index contributed by atoms with van der Waals surface area (Å²) in [6, 6.07) is 4.99. The maximum atomic E-state index is 11.8. The van der Waals surface area contributed by atoms with E-state index >= 15 is 0 Å². The third-order valence-electron chi connectivity index (χ3n) is 2.80. The second-order valence-corrected chi connectivity index (χ2v) is 5.60. The van der Waals surface area contributed by atoms with Gasteiger partial charge in [0, 0.05) is 6.42 Å². The molecule has 1 aliphatic heterocycles. The van der Waals surface area contributed by atoms with Crippen LogP contribution >= 0.6 is 0 Å². The standard InChI is InChI=1S/C12H12N2O5S/c1-2-11(15)10-7-12(16)14(13-10)8-3-5-9(6-4-8)20(17,18)19/h3-6H,2,7H2,1H3,(H,17,18,19). The van der Waals surface area contributed by atoms with Crippen LogP contribution in [0.5, 0.6) is 0 Å². The molecule has 1 N–H and O–H groups in total. The van der Waals surface area contributed by atoms with Gasteiger partial charge in [0.15, 0.2) is 5.78 Å². The summed E-state index contributed by atoms with van der Waals surface area (Å²) in [4.78, 5) is 23.0. The second kappa shape index (κ2) is 5.14. The molecule has 0 spiro atoms. The number of carbonyl (C=O) groups excluding carboxylic acids is 2. The largest absolute Gasteiger partial charge is 0.294 e. The molecule has 0 bridgehead atoms. The highest BCUT2D eigenvalue weighted by Crippen LogP contribution is 2.22. The highest BCUT2D eigenvalue weighted by Gasteiger charge is 2.28. The van der Waals surface area contributed by atoms with E-state index < -0.39 is 10.1 Å². The van der Waals surface area contributed by atoms with E-state index in [1.54, 1.807) is 6.92 Å². The highest BCUT2D eigenvalue weighted by molar-refractivity contribution is 7.85. The summed E-state index contributed by atoms with van der Waals surface area (Å²) in [6.07, 6.45) is 0.203. The van der Waals surface area contributed by atoms with Crippen molar-refractivity contribution in [1.82, 2.24) is 0 Å². The Kier molecular flexibility index (Phi) is 3.69. The summed E-state index contributed by atoms with van der Waals surface area (Å²) in [5, 5.41) is 4.99. The molecule has 0 atom stereocenters. The van der Waals surface area contributed by atoms with Gasteiger partial charge in [-0.3, -0.25) is 14.1 Å². The maximum absolute atomic E-state index is 11.8. The molecule has 1 amide bonds. The molecule has 1 aromatic carbocycles. The summed E-state index contributed by atoms with van der Waals surface area (Å²) >= 11 is 0. The minimum absolute atomic E-state index is 0.0628. The number of rotatable bonds is 4. The summed E-state index contributed by atoms with van der Waals surface area (Å²) in [5.41, 5.74) is 0.526. The van der Waals surface area contributed by atoms with Crippen LogP contribution in [0.15, 0.2) is 34.3 Å². The van der Waals surface area contributed by atoms with Crippen molar-refractivity contribution < 1.29 is 22.6 Å². The van der Waals surface area contributed by atoms with E-state index in [1.165, 1.54) is 12.1 Å². The van der Waals surface area contributed by atoms with Crippen LogP contribution in [0.2, 0.25) is 0 Å². The van der Waals surface area contributed by atoms with E-state index in [0.29, 0.717) is 5.69 Å². The number of ketones is 1. The molecule has 106 valence electrons. The number of Topliss-reactive ketones (excluding diaryl/α,β-unsaturated/α-hetero) is 1. The van der Waals surface area contributed by atoms with Gasteiger partial charge in [0.1, 0.15) is 5.71 Å². The third-order valence-corrected chi connectivity index (χ3v) is 3.67. The molecule has 0 aromatic heterocycles. The minimum Gasteiger partial charge on any atom is -0.293 e. The van der Waals surface area contributed by atoms with E-state index in [0.717, 1.165) is 17.1 Å². The molecule has 0 saturated carbocycles. The molecule has 0 aliphatic carbocycles. The lowest BCUT2D eigenvalue weighted by atomic mass is 10.1. The first kappa shape index (κ1) is 14.4. The Hall–Kier alpha value is -2.06. The zero-order chi connectivity index (χ0) is 14.9.